The first-order valence-corrected chi connectivity index (χ1v) is 5.20. The van der Waals surface area contributed by atoms with Crippen molar-refractivity contribution in [3.8, 4) is 0 Å². The van der Waals surface area contributed by atoms with Gasteiger partial charge in [-0.3, -0.25) is 10.1 Å². The third-order valence-electron chi connectivity index (χ3n) is 3.12. The second-order valence-electron chi connectivity index (χ2n) is 4.24. The van der Waals surface area contributed by atoms with Gasteiger partial charge in [-0.05, 0) is 31.6 Å². The summed E-state index contributed by atoms with van der Waals surface area (Å²) in [6, 6.07) is 0. The predicted octanol–water partition coefficient (Wildman–Crippen LogP) is 1.80. The molecule has 0 unspecified atom stereocenters. The van der Waals surface area contributed by atoms with E-state index >= 15 is 0 Å². The van der Waals surface area contributed by atoms with Gasteiger partial charge in [-0.2, -0.15) is 0 Å². The minimum absolute atomic E-state index is 0.570. The maximum Gasteiger partial charge on any atom is 0.323 e. The molecule has 0 heterocycles. The molecule has 0 atom stereocenters. The van der Waals surface area contributed by atoms with Crippen LogP contribution in [0.15, 0.2) is 12.7 Å². The molecule has 0 amide bonds. The quantitative estimate of drug-likeness (QED) is 0.676. The Labute approximate surface area is 85.2 Å². The van der Waals surface area contributed by atoms with E-state index in [2.05, 4.69) is 18.8 Å². The fourth-order valence-electron chi connectivity index (χ4n) is 1.99. The van der Waals surface area contributed by atoms with Crippen LogP contribution in [0, 0.1) is 5.92 Å². The van der Waals surface area contributed by atoms with Crippen molar-refractivity contribution in [2.75, 3.05) is 6.54 Å². The summed E-state index contributed by atoms with van der Waals surface area (Å²) in [4.78, 5) is 11.2. The molecule has 0 radical (unpaired) electrons. The molecule has 1 fully saturated rings. The van der Waals surface area contributed by atoms with Crippen LogP contribution in [0.5, 0.6) is 0 Å². The summed E-state index contributed by atoms with van der Waals surface area (Å²) in [6.07, 6.45) is 5.17. The largest absolute Gasteiger partial charge is 0.480 e. The normalized spacial score (nSPS) is 32.5. The number of carboxylic acids is 1. The number of rotatable bonds is 4. The first-order valence-electron chi connectivity index (χ1n) is 5.20. The molecule has 0 spiro atoms. The van der Waals surface area contributed by atoms with Gasteiger partial charge in [0.05, 0.1) is 0 Å². The molecule has 3 heteroatoms. The van der Waals surface area contributed by atoms with Gasteiger partial charge >= 0.3 is 5.97 Å². The van der Waals surface area contributed by atoms with Crippen LogP contribution in [-0.2, 0) is 4.79 Å². The Kier molecular flexibility index (Phi) is 3.69. The van der Waals surface area contributed by atoms with Crippen molar-refractivity contribution < 1.29 is 9.90 Å². The molecule has 14 heavy (non-hydrogen) atoms. The van der Waals surface area contributed by atoms with Crippen LogP contribution in [0.4, 0.5) is 0 Å². The monoisotopic (exact) mass is 197 g/mol. The van der Waals surface area contributed by atoms with E-state index in [1.165, 1.54) is 0 Å². The van der Waals surface area contributed by atoms with Gasteiger partial charge in [0, 0.05) is 6.54 Å². The van der Waals surface area contributed by atoms with Gasteiger partial charge in [0.25, 0.3) is 0 Å². The fourth-order valence-corrected chi connectivity index (χ4v) is 1.99. The minimum Gasteiger partial charge on any atom is -0.480 e. The topological polar surface area (TPSA) is 49.3 Å². The highest BCUT2D eigenvalue weighted by Crippen LogP contribution is 2.31. The molecular weight excluding hydrogens is 178 g/mol. The summed E-state index contributed by atoms with van der Waals surface area (Å²) in [5, 5.41) is 12.3. The number of hydrogen-bond acceptors (Lipinski definition) is 2. The van der Waals surface area contributed by atoms with E-state index in [1.807, 2.05) is 0 Å². The lowest BCUT2D eigenvalue weighted by Gasteiger charge is -2.36. The standard InChI is InChI=1S/C11H19NO2/c1-3-8-12-11(10(13)14)6-4-9(2)5-7-11/h3,9,12H,1,4-8H2,2H3,(H,13,14). The smallest absolute Gasteiger partial charge is 0.323 e. The van der Waals surface area contributed by atoms with E-state index in [9.17, 15) is 9.90 Å². The maximum absolute atomic E-state index is 11.2. The van der Waals surface area contributed by atoms with Gasteiger partial charge in [-0.1, -0.05) is 13.0 Å². The van der Waals surface area contributed by atoms with E-state index in [-0.39, 0.29) is 0 Å². The highest BCUT2D eigenvalue weighted by atomic mass is 16.4. The highest BCUT2D eigenvalue weighted by Gasteiger charge is 2.40. The van der Waals surface area contributed by atoms with Crippen LogP contribution in [0.2, 0.25) is 0 Å². The zero-order valence-electron chi connectivity index (χ0n) is 8.75. The van der Waals surface area contributed by atoms with Gasteiger partial charge in [0.1, 0.15) is 5.54 Å². The Hall–Kier alpha value is -0.830. The van der Waals surface area contributed by atoms with Gasteiger partial charge in [-0.15, -0.1) is 6.58 Å². The van der Waals surface area contributed by atoms with Crippen molar-refractivity contribution >= 4 is 5.97 Å². The Morgan fingerprint density at radius 2 is 2.21 bits per heavy atom. The number of nitrogens with one attached hydrogen (secondary N) is 1. The molecule has 3 nitrogen and oxygen atoms in total. The average Bonchev–Trinajstić information content (AvgIpc) is 2.17. The van der Waals surface area contributed by atoms with E-state index in [1.54, 1.807) is 6.08 Å². The molecule has 1 rings (SSSR count). The number of carbonyl (C=O) groups is 1. The molecule has 0 saturated heterocycles. The van der Waals surface area contributed by atoms with Crippen molar-refractivity contribution in [3.63, 3.8) is 0 Å². The zero-order chi connectivity index (χ0) is 10.6. The highest BCUT2D eigenvalue weighted by molar-refractivity contribution is 5.78. The Balaban J connectivity index is 2.62. The fraction of sp³-hybridized carbons (Fsp3) is 0.727. The average molecular weight is 197 g/mol. The van der Waals surface area contributed by atoms with E-state index in [0.29, 0.717) is 12.5 Å². The van der Waals surface area contributed by atoms with Gasteiger partial charge in [-0.25, -0.2) is 0 Å². The lowest BCUT2D eigenvalue weighted by atomic mass is 9.77. The zero-order valence-corrected chi connectivity index (χ0v) is 8.75. The maximum atomic E-state index is 11.2. The molecule has 0 aliphatic heterocycles. The first-order chi connectivity index (χ1) is 6.60. The van der Waals surface area contributed by atoms with Crippen LogP contribution in [0.1, 0.15) is 32.6 Å². The molecule has 1 saturated carbocycles. The summed E-state index contributed by atoms with van der Waals surface area (Å²) >= 11 is 0. The molecule has 0 aromatic rings. The van der Waals surface area contributed by atoms with Crippen molar-refractivity contribution in [1.29, 1.82) is 0 Å². The molecule has 0 aromatic heterocycles. The van der Waals surface area contributed by atoms with Gasteiger partial charge < -0.3 is 5.11 Å². The Morgan fingerprint density at radius 1 is 1.64 bits per heavy atom. The van der Waals surface area contributed by atoms with Gasteiger partial charge in [0.15, 0.2) is 0 Å². The summed E-state index contributed by atoms with van der Waals surface area (Å²) < 4.78 is 0. The number of carboxylic acid groups (broad SMARTS) is 1. The third kappa shape index (κ3) is 2.35. The molecule has 0 bridgehead atoms. The molecule has 80 valence electrons. The van der Waals surface area contributed by atoms with Crippen molar-refractivity contribution in [3.05, 3.63) is 12.7 Å². The van der Waals surface area contributed by atoms with E-state index < -0.39 is 11.5 Å². The van der Waals surface area contributed by atoms with E-state index in [0.717, 1.165) is 25.7 Å². The van der Waals surface area contributed by atoms with Gasteiger partial charge in [0.2, 0.25) is 0 Å². The van der Waals surface area contributed by atoms with Crippen LogP contribution >= 0.6 is 0 Å². The molecule has 1 aliphatic rings. The Bertz CT molecular complexity index is 217. The van der Waals surface area contributed by atoms with Crippen LogP contribution in [0.3, 0.4) is 0 Å². The lowest BCUT2D eigenvalue weighted by molar-refractivity contribution is -0.146. The lowest BCUT2D eigenvalue weighted by Crippen LogP contribution is -2.54. The molecule has 1 aliphatic carbocycles. The molecular formula is C11H19NO2. The summed E-state index contributed by atoms with van der Waals surface area (Å²) in [6.45, 7) is 6.34. The molecule has 2 N–H and O–H groups in total. The minimum atomic E-state index is -0.716. The number of hydrogen-bond donors (Lipinski definition) is 2. The SMILES string of the molecule is C=CCNC1(C(=O)O)CCC(C)CC1. The second-order valence-corrected chi connectivity index (χ2v) is 4.24. The Morgan fingerprint density at radius 3 is 2.64 bits per heavy atom. The third-order valence-corrected chi connectivity index (χ3v) is 3.12. The van der Waals surface area contributed by atoms with Crippen molar-refractivity contribution in [2.45, 2.75) is 38.1 Å². The van der Waals surface area contributed by atoms with Crippen LogP contribution in [-0.4, -0.2) is 23.2 Å². The van der Waals surface area contributed by atoms with Crippen LogP contribution in [0.25, 0.3) is 0 Å². The predicted molar refractivity (Wildman–Crippen MR) is 56.2 cm³/mol. The van der Waals surface area contributed by atoms with Crippen LogP contribution < -0.4 is 5.32 Å². The second kappa shape index (κ2) is 4.60. The van der Waals surface area contributed by atoms with E-state index in [4.69, 9.17) is 0 Å². The summed E-state index contributed by atoms with van der Waals surface area (Å²) in [7, 11) is 0. The van der Waals surface area contributed by atoms with Crippen molar-refractivity contribution in [1.82, 2.24) is 5.32 Å². The number of aliphatic carboxylic acids is 1. The molecule has 0 aromatic carbocycles. The summed E-state index contributed by atoms with van der Waals surface area (Å²) in [5.41, 5.74) is -0.694. The van der Waals surface area contributed by atoms with Crippen molar-refractivity contribution in [2.24, 2.45) is 5.92 Å². The first kappa shape index (κ1) is 11.2. The summed E-state index contributed by atoms with van der Waals surface area (Å²) in [5.74, 6) is -0.0562.